The Kier molecular flexibility index (Phi) is 7.11. The molecule has 0 aliphatic heterocycles. The minimum absolute atomic E-state index is 0.0856. The van der Waals surface area contributed by atoms with E-state index in [0.29, 0.717) is 21.4 Å². The smallest absolute Gasteiger partial charge is 0.237 e. The van der Waals surface area contributed by atoms with Gasteiger partial charge >= 0.3 is 0 Å². The summed E-state index contributed by atoms with van der Waals surface area (Å²) in [5, 5.41) is 5.71. The third kappa shape index (κ3) is 6.57. The van der Waals surface area contributed by atoms with Gasteiger partial charge in [0.15, 0.2) is 0 Å². The molecule has 25 heavy (non-hydrogen) atoms. The molecule has 0 bridgehead atoms. The number of amides is 2. The highest BCUT2D eigenvalue weighted by Crippen LogP contribution is 2.23. The van der Waals surface area contributed by atoms with E-state index in [2.05, 4.69) is 10.6 Å². The second-order valence-corrected chi connectivity index (χ2v) is 7.36. The van der Waals surface area contributed by atoms with Crippen molar-refractivity contribution in [2.24, 2.45) is 0 Å². The van der Waals surface area contributed by atoms with Gasteiger partial charge in [0.2, 0.25) is 11.8 Å². The van der Waals surface area contributed by atoms with Crippen LogP contribution in [0.2, 0.25) is 10.0 Å². The van der Waals surface area contributed by atoms with Gasteiger partial charge in [-0.2, -0.15) is 0 Å². The van der Waals surface area contributed by atoms with Crippen molar-refractivity contribution in [3.05, 3.63) is 58.3 Å². The van der Waals surface area contributed by atoms with Gasteiger partial charge in [-0.3, -0.25) is 9.59 Å². The maximum atomic E-state index is 12.8. The van der Waals surface area contributed by atoms with Crippen LogP contribution in [-0.2, 0) is 9.59 Å². The number of carbonyl (C=O) groups is 2. The van der Waals surface area contributed by atoms with Gasteiger partial charge in [0.25, 0.3) is 0 Å². The van der Waals surface area contributed by atoms with E-state index in [1.54, 1.807) is 25.1 Å². The molecule has 132 valence electrons. The van der Waals surface area contributed by atoms with Gasteiger partial charge in [0, 0.05) is 21.4 Å². The first-order valence-corrected chi connectivity index (χ1v) is 9.08. The Morgan fingerprint density at radius 2 is 1.64 bits per heavy atom. The summed E-state index contributed by atoms with van der Waals surface area (Å²) in [6.45, 7) is 1.69. The minimum atomic E-state index is -0.461. The van der Waals surface area contributed by atoms with Crippen molar-refractivity contribution in [2.45, 2.75) is 12.2 Å². The lowest BCUT2D eigenvalue weighted by molar-refractivity contribution is -0.115. The van der Waals surface area contributed by atoms with Crippen molar-refractivity contribution in [2.75, 3.05) is 16.4 Å². The molecule has 0 saturated carbocycles. The second kappa shape index (κ2) is 9.08. The Balaban J connectivity index is 1.82. The van der Waals surface area contributed by atoms with Gasteiger partial charge in [0.05, 0.1) is 11.0 Å². The molecule has 2 aromatic rings. The van der Waals surface area contributed by atoms with E-state index >= 15 is 0 Å². The fourth-order valence-electron chi connectivity index (χ4n) is 1.88. The number of halogens is 3. The van der Waals surface area contributed by atoms with Crippen molar-refractivity contribution in [1.29, 1.82) is 0 Å². The topological polar surface area (TPSA) is 58.2 Å². The largest absolute Gasteiger partial charge is 0.325 e. The van der Waals surface area contributed by atoms with Crippen LogP contribution in [0.3, 0.4) is 0 Å². The van der Waals surface area contributed by atoms with Gasteiger partial charge in [-0.1, -0.05) is 23.2 Å². The Labute approximate surface area is 159 Å². The normalized spacial score (nSPS) is 11.7. The summed E-state index contributed by atoms with van der Waals surface area (Å²) in [5.74, 6) is -0.832. The number of thioether (sulfide) groups is 1. The minimum Gasteiger partial charge on any atom is -0.325 e. The molecule has 1 atom stereocenters. The molecule has 1 unspecified atom stereocenters. The van der Waals surface area contributed by atoms with Crippen LogP contribution in [0.25, 0.3) is 0 Å². The molecular weight excluding hydrogens is 386 g/mol. The second-order valence-electron chi connectivity index (χ2n) is 5.16. The molecule has 4 nitrogen and oxygen atoms in total. The summed E-state index contributed by atoms with van der Waals surface area (Å²) >= 11 is 12.9. The molecule has 0 radical (unpaired) electrons. The van der Waals surface area contributed by atoms with Crippen molar-refractivity contribution in [3.63, 3.8) is 0 Å². The summed E-state index contributed by atoms with van der Waals surface area (Å²) < 4.78 is 12.8. The summed E-state index contributed by atoms with van der Waals surface area (Å²) in [6.07, 6.45) is 0. The molecule has 0 heterocycles. The summed E-state index contributed by atoms with van der Waals surface area (Å²) in [6, 6.07) is 10.2. The first kappa shape index (κ1) is 19.6. The fourth-order valence-corrected chi connectivity index (χ4v) is 3.09. The molecule has 0 fully saturated rings. The molecule has 0 saturated heterocycles. The van der Waals surface area contributed by atoms with Crippen molar-refractivity contribution in [1.82, 2.24) is 0 Å². The van der Waals surface area contributed by atoms with Crippen LogP contribution in [0.4, 0.5) is 15.8 Å². The molecule has 0 aliphatic rings. The third-order valence-corrected chi connectivity index (χ3v) is 4.67. The molecule has 8 heteroatoms. The maximum absolute atomic E-state index is 12.8. The zero-order valence-electron chi connectivity index (χ0n) is 13.2. The number of nitrogens with one attached hydrogen (secondary N) is 2. The van der Waals surface area contributed by atoms with Crippen LogP contribution in [0, 0.1) is 5.82 Å². The van der Waals surface area contributed by atoms with E-state index in [-0.39, 0.29) is 23.4 Å². The fraction of sp³-hybridized carbons (Fsp3) is 0.176. The molecule has 2 N–H and O–H groups in total. The number of rotatable bonds is 6. The molecule has 2 rings (SSSR count). The Morgan fingerprint density at radius 1 is 1.04 bits per heavy atom. The van der Waals surface area contributed by atoms with E-state index in [0.717, 1.165) is 0 Å². The SMILES string of the molecule is CC(SCC(=O)Nc1ccc(F)cc1)C(=O)Nc1cc(Cl)cc(Cl)c1. The summed E-state index contributed by atoms with van der Waals surface area (Å²) in [7, 11) is 0. The lowest BCUT2D eigenvalue weighted by Crippen LogP contribution is -2.25. The van der Waals surface area contributed by atoms with Crippen LogP contribution < -0.4 is 10.6 Å². The van der Waals surface area contributed by atoms with Crippen LogP contribution >= 0.6 is 35.0 Å². The van der Waals surface area contributed by atoms with Gasteiger partial charge in [0.1, 0.15) is 5.82 Å². The predicted octanol–water partition coefficient (Wildman–Crippen LogP) is 4.83. The van der Waals surface area contributed by atoms with Crippen LogP contribution in [0.5, 0.6) is 0 Å². The van der Waals surface area contributed by atoms with E-state index < -0.39 is 5.25 Å². The summed E-state index contributed by atoms with van der Waals surface area (Å²) in [4.78, 5) is 24.0. The molecule has 2 amide bonds. The van der Waals surface area contributed by atoms with E-state index in [9.17, 15) is 14.0 Å². The third-order valence-electron chi connectivity index (χ3n) is 3.09. The highest BCUT2D eigenvalue weighted by molar-refractivity contribution is 8.01. The predicted molar refractivity (Wildman–Crippen MR) is 102 cm³/mol. The van der Waals surface area contributed by atoms with E-state index in [1.807, 2.05) is 0 Å². The van der Waals surface area contributed by atoms with E-state index in [1.165, 1.54) is 36.0 Å². The Morgan fingerprint density at radius 3 is 2.24 bits per heavy atom. The average Bonchev–Trinajstić information content (AvgIpc) is 2.53. The standard InChI is InChI=1S/C17H15Cl2FN2O2S/c1-10(17(24)22-15-7-11(18)6-12(19)8-15)25-9-16(23)21-14-4-2-13(20)3-5-14/h2-8,10H,9H2,1H3,(H,21,23)(H,22,24). The molecule has 0 aliphatic carbocycles. The quantitative estimate of drug-likeness (QED) is 0.729. The average molecular weight is 401 g/mol. The number of hydrogen-bond acceptors (Lipinski definition) is 3. The maximum Gasteiger partial charge on any atom is 0.237 e. The number of anilines is 2. The Hall–Kier alpha value is -1.76. The number of carbonyl (C=O) groups excluding carboxylic acids is 2. The summed E-state index contributed by atoms with van der Waals surface area (Å²) in [5.41, 5.74) is 0.989. The number of hydrogen-bond donors (Lipinski definition) is 2. The highest BCUT2D eigenvalue weighted by atomic mass is 35.5. The van der Waals surface area contributed by atoms with Gasteiger partial charge < -0.3 is 10.6 Å². The van der Waals surface area contributed by atoms with Crippen LogP contribution in [0.1, 0.15) is 6.92 Å². The van der Waals surface area contributed by atoms with Gasteiger partial charge in [-0.05, 0) is 49.4 Å². The van der Waals surface area contributed by atoms with Crippen LogP contribution in [0.15, 0.2) is 42.5 Å². The molecule has 2 aromatic carbocycles. The lowest BCUT2D eigenvalue weighted by atomic mass is 10.3. The van der Waals surface area contributed by atoms with Gasteiger partial charge in [-0.15, -0.1) is 11.8 Å². The van der Waals surface area contributed by atoms with Gasteiger partial charge in [-0.25, -0.2) is 4.39 Å². The first-order chi connectivity index (χ1) is 11.8. The van der Waals surface area contributed by atoms with Crippen molar-refractivity contribution < 1.29 is 14.0 Å². The zero-order valence-corrected chi connectivity index (χ0v) is 15.5. The van der Waals surface area contributed by atoms with E-state index in [4.69, 9.17) is 23.2 Å². The first-order valence-electron chi connectivity index (χ1n) is 7.27. The van der Waals surface area contributed by atoms with Crippen molar-refractivity contribution in [3.8, 4) is 0 Å². The molecule has 0 aromatic heterocycles. The Bertz CT molecular complexity index is 751. The highest BCUT2D eigenvalue weighted by Gasteiger charge is 2.16. The van der Waals surface area contributed by atoms with Crippen molar-refractivity contribution >= 4 is 58.2 Å². The number of benzene rings is 2. The molecule has 0 spiro atoms. The lowest BCUT2D eigenvalue weighted by Gasteiger charge is -2.12. The van der Waals surface area contributed by atoms with Crippen LogP contribution in [-0.4, -0.2) is 22.8 Å². The monoisotopic (exact) mass is 400 g/mol. The molecular formula is C17H15Cl2FN2O2S. The zero-order chi connectivity index (χ0) is 18.4.